The molecular weight excluding hydrogens is 232 g/mol. The molecule has 1 saturated carbocycles. The summed E-state index contributed by atoms with van der Waals surface area (Å²) in [5.41, 5.74) is 10.3. The maximum Gasteiger partial charge on any atom is 0.0346 e. The molecule has 1 saturated heterocycles. The number of nitrogens with zero attached hydrogens (tertiary/aromatic N) is 1. The maximum atomic E-state index is 6.00. The zero-order chi connectivity index (χ0) is 13.3. The first-order valence-corrected chi connectivity index (χ1v) is 7.75. The van der Waals surface area contributed by atoms with Gasteiger partial charge in [-0.3, -0.25) is 4.90 Å². The van der Waals surface area contributed by atoms with E-state index in [2.05, 4.69) is 24.0 Å². The van der Waals surface area contributed by atoms with E-state index in [1.165, 1.54) is 62.7 Å². The summed E-state index contributed by atoms with van der Waals surface area (Å²) < 4.78 is 0. The molecule has 1 aliphatic carbocycles. The summed E-state index contributed by atoms with van der Waals surface area (Å²) in [7, 11) is 0. The van der Waals surface area contributed by atoms with Crippen molar-refractivity contribution in [2.45, 2.75) is 52.0 Å². The van der Waals surface area contributed by atoms with Crippen LogP contribution in [0.2, 0.25) is 0 Å². The molecule has 2 heteroatoms. The van der Waals surface area contributed by atoms with Crippen molar-refractivity contribution >= 4 is 5.69 Å². The molecule has 0 atom stereocenters. The van der Waals surface area contributed by atoms with Gasteiger partial charge in [-0.2, -0.15) is 0 Å². The van der Waals surface area contributed by atoms with E-state index in [0.29, 0.717) is 0 Å². The lowest BCUT2D eigenvalue weighted by molar-refractivity contribution is 0.103. The highest BCUT2D eigenvalue weighted by Gasteiger charge is 2.36. The minimum absolute atomic E-state index is 0.723. The lowest BCUT2D eigenvalue weighted by Crippen LogP contribution is -2.38. The number of hydrogen-bond acceptors (Lipinski definition) is 2. The molecule has 2 nitrogen and oxygen atoms in total. The summed E-state index contributed by atoms with van der Waals surface area (Å²) in [6.45, 7) is 5.77. The lowest BCUT2D eigenvalue weighted by atomic mass is 9.77. The molecule has 2 aliphatic rings. The topological polar surface area (TPSA) is 29.3 Å². The quantitative estimate of drug-likeness (QED) is 0.819. The molecule has 0 unspecified atom stereocenters. The third kappa shape index (κ3) is 2.64. The predicted molar refractivity (Wildman–Crippen MR) is 81.0 cm³/mol. The summed E-state index contributed by atoms with van der Waals surface area (Å²) in [5.74, 6) is 0. The molecule has 1 aliphatic heterocycles. The van der Waals surface area contributed by atoms with Gasteiger partial charge >= 0.3 is 0 Å². The van der Waals surface area contributed by atoms with Gasteiger partial charge in [0, 0.05) is 12.2 Å². The largest absolute Gasteiger partial charge is 0.399 e. The fourth-order valence-electron chi connectivity index (χ4n) is 3.93. The van der Waals surface area contributed by atoms with Crippen molar-refractivity contribution < 1.29 is 0 Å². The SMILES string of the molecule is Cc1c(N)cccc1CN1CCC2(CCCC2)CC1. The maximum absolute atomic E-state index is 6.00. The van der Waals surface area contributed by atoms with Gasteiger partial charge in [0.2, 0.25) is 0 Å². The Balaban J connectivity index is 1.61. The van der Waals surface area contributed by atoms with E-state index in [1.807, 2.05) is 6.07 Å². The molecule has 2 fully saturated rings. The molecule has 1 spiro atoms. The number of anilines is 1. The van der Waals surface area contributed by atoms with Gasteiger partial charge in [-0.1, -0.05) is 25.0 Å². The number of nitrogen functional groups attached to an aromatic ring is 1. The van der Waals surface area contributed by atoms with Gasteiger partial charge in [0.05, 0.1) is 0 Å². The summed E-state index contributed by atoms with van der Waals surface area (Å²) >= 11 is 0. The first kappa shape index (κ1) is 13.0. The Morgan fingerprint density at radius 3 is 2.47 bits per heavy atom. The van der Waals surface area contributed by atoms with Crippen LogP contribution in [0, 0.1) is 12.3 Å². The van der Waals surface area contributed by atoms with Crippen molar-refractivity contribution in [2.24, 2.45) is 5.41 Å². The van der Waals surface area contributed by atoms with Crippen molar-refractivity contribution in [2.75, 3.05) is 18.8 Å². The van der Waals surface area contributed by atoms with Crippen molar-refractivity contribution in [1.82, 2.24) is 4.90 Å². The number of benzene rings is 1. The van der Waals surface area contributed by atoms with Gasteiger partial charge in [-0.25, -0.2) is 0 Å². The van der Waals surface area contributed by atoms with E-state index < -0.39 is 0 Å². The van der Waals surface area contributed by atoms with Gasteiger partial charge < -0.3 is 5.73 Å². The molecule has 0 bridgehead atoms. The summed E-state index contributed by atoms with van der Waals surface area (Å²) in [5, 5.41) is 0. The van der Waals surface area contributed by atoms with E-state index >= 15 is 0 Å². The van der Waals surface area contributed by atoms with E-state index in [9.17, 15) is 0 Å². The van der Waals surface area contributed by atoms with Crippen LogP contribution in [0.1, 0.15) is 49.7 Å². The van der Waals surface area contributed by atoms with E-state index in [1.54, 1.807) is 0 Å². The smallest absolute Gasteiger partial charge is 0.0346 e. The Hall–Kier alpha value is -1.02. The fourth-order valence-corrected chi connectivity index (χ4v) is 3.93. The molecular formula is C17H26N2. The zero-order valence-corrected chi connectivity index (χ0v) is 12.1. The Kier molecular flexibility index (Phi) is 3.53. The van der Waals surface area contributed by atoms with Crippen molar-refractivity contribution in [1.29, 1.82) is 0 Å². The highest BCUT2D eigenvalue weighted by Crippen LogP contribution is 2.46. The Bertz CT molecular complexity index is 437. The number of nitrogens with two attached hydrogens (primary N) is 1. The highest BCUT2D eigenvalue weighted by atomic mass is 15.1. The minimum atomic E-state index is 0.723. The standard InChI is InChI=1S/C17H26N2/c1-14-15(5-4-6-16(14)18)13-19-11-9-17(10-12-19)7-2-3-8-17/h4-6H,2-3,7-13,18H2,1H3. The summed E-state index contributed by atoms with van der Waals surface area (Å²) in [4.78, 5) is 2.62. The molecule has 1 aromatic carbocycles. The molecule has 0 amide bonds. The average molecular weight is 258 g/mol. The highest BCUT2D eigenvalue weighted by molar-refractivity contribution is 5.49. The van der Waals surface area contributed by atoms with Crippen LogP contribution in [-0.4, -0.2) is 18.0 Å². The van der Waals surface area contributed by atoms with Crippen molar-refractivity contribution in [3.05, 3.63) is 29.3 Å². The number of rotatable bonds is 2. The molecule has 0 aromatic heterocycles. The minimum Gasteiger partial charge on any atom is -0.399 e. The average Bonchev–Trinajstić information content (AvgIpc) is 2.86. The molecule has 1 heterocycles. The van der Waals surface area contributed by atoms with Crippen LogP contribution >= 0.6 is 0 Å². The lowest BCUT2D eigenvalue weighted by Gasteiger charge is -2.39. The third-order valence-corrected chi connectivity index (χ3v) is 5.46. The molecule has 1 aromatic rings. The molecule has 3 rings (SSSR count). The van der Waals surface area contributed by atoms with E-state index in [-0.39, 0.29) is 0 Å². The second kappa shape index (κ2) is 5.16. The monoisotopic (exact) mass is 258 g/mol. The fraction of sp³-hybridized carbons (Fsp3) is 0.647. The first-order chi connectivity index (χ1) is 9.19. The molecule has 104 valence electrons. The molecule has 2 N–H and O–H groups in total. The van der Waals surface area contributed by atoms with Crippen LogP contribution in [0.15, 0.2) is 18.2 Å². The first-order valence-electron chi connectivity index (χ1n) is 7.75. The third-order valence-electron chi connectivity index (χ3n) is 5.46. The van der Waals surface area contributed by atoms with Crippen LogP contribution in [0.3, 0.4) is 0 Å². The number of likely N-dealkylation sites (tertiary alicyclic amines) is 1. The van der Waals surface area contributed by atoms with Crippen LogP contribution in [0.5, 0.6) is 0 Å². The van der Waals surface area contributed by atoms with Crippen molar-refractivity contribution in [3.63, 3.8) is 0 Å². The zero-order valence-electron chi connectivity index (χ0n) is 12.1. The van der Waals surface area contributed by atoms with Crippen LogP contribution in [-0.2, 0) is 6.54 Å². The van der Waals surface area contributed by atoms with Gasteiger partial charge in [-0.15, -0.1) is 0 Å². The second-order valence-corrected chi connectivity index (χ2v) is 6.61. The Labute approximate surface area is 117 Å². The van der Waals surface area contributed by atoms with E-state index in [4.69, 9.17) is 5.73 Å². The van der Waals surface area contributed by atoms with Gasteiger partial charge in [0.1, 0.15) is 0 Å². The summed E-state index contributed by atoms with van der Waals surface area (Å²) in [6, 6.07) is 6.31. The molecule has 19 heavy (non-hydrogen) atoms. The van der Waals surface area contributed by atoms with E-state index in [0.717, 1.165) is 17.6 Å². The Morgan fingerprint density at radius 2 is 1.79 bits per heavy atom. The van der Waals surface area contributed by atoms with Crippen molar-refractivity contribution in [3.8, 4) is 0 Å². The van der Waals surface area contributed by atoms with Gasteiger partial charge in [0.15, 0.2) is 0 Å². The predicted octanol–water partition coefficient (Wildman–Crippen LogP) is 3.73. The van der Waals surface area contributed by atoms with Gasteiger partial charge in [-0.05, 0) is 68.3 Å². The Morgan fingerprint density at radius 1 is 1.11 bits per heavy atom. The van der Waals surface area contributed by atoms with Crippen LogP contribution in [0.4, 0.5) is 5.69 Å². The molecule has 0 radical (unpaired) electrons. The number of hydrogen-bond donors (Lipinski definition) is 1. The van der Waals surface area contributed by atoms with Gasteiger partial charge in [0.25, 0.3) is 0 Å². The number of piperidine rings is 1. The van der Waals surface area contributed by atoms with Crippen LogP contribution in [0.25, 0.3) is 0 Å². The normalized spacial score (nSPS) is 23.0. The summed E-state index contributed by atoms with van der Waals surface area (Å²) in [6.07, 6.45) is 8.72. The second-order valence-electron chi connectivity index (χ2n) is 6.61. The van der Waals surface area contributed by atoms with Crippen LogP contribution < -0.4 is 5.73 Å².